The van der Waals surface area contributed by atoms with Crippen LogP contribution in [0.5, 0.6) is 0 Å². The maximum absolute atomic E-state index is 12.0. The predicted molar refractivity (Wildman–Crippen MR) is 101 cm³/mol. The van der Waals surface area contributed by atoms with Gasteiger partial charge in [0.15, 0.2) is 0 Å². The van der Waals surface area contributed by atoms with Gasteiger partial charge < -0.3 is 10.6 Å². The lowest BCUT2D eigenvalue weighted by molar-refractivity contribution is 0.0938. The van der Waals surface area contributed by atoms with E-state index in [1.807, 2.05) is 6.07 Å². The van der Waals surface area contributed by atoms with E-state index in [4.69, 9.17) is 23.2 Å². The van der Waals surface area contributed by atoms with E-state index in [9.17, 15) is 4.79 Å². The van der Waals surface area contributed by atoms with E-state index >= 15 is 0 Å². The van der Waals surface area contributed by atoms with Crippen LogP contribution in [0.15, 0.2) is 23.6 Å². The number of halogens is 4. The fraction of sp³-hybridized carbons (Fsp3) is 0.286. The van der Waals surface area contributed by atoms with E-state index in [2.05, 4.69) is 15.6 Å². The number of amides is 1. The third-order valence-corrected chi connectivity index (χ3v) is 4.74. The number of rotatable bonds is 4. The molecular weight excluding hydrogens is 400 g/mol. The highest BCUT2D eigenvalue weighted by molar-refractivity contribution is 7.13. The number of aromatic nitrogens is 1. The summed E-state index contributed by atoms with van der Waals surface area (Å²) in [4.78, 5) is 16.4. The highest BCUT2D eigenvalue weighted by atomic mass is 35.5. The molecule has 0 radical (unpaired) electrons. The van der Waals surface area contributed by atoms with Crippen molar-refractivity contribution in [3.8, 4) is 10.6 Å². The van der Waals surface area contributed by atoms with Crippen LogP contribution >= 0.6 is 59.4 Å². The molecule has 1 aliphatic heterocycles. The zero-order valence-electron chi connectivity index (χ0n) is 11.8. The second-order valence-electron chi connectivity index (χ2n) is 4.90. The first-order valence-corrected chi connectivity index (χ1v) is 8.17. The van der Waals surface area contributed by atoms with Gasteiger partial charge in [0, 0.05) is 41.5 Å². The van der Waals surface area contributed by atoms with Gasteiger partial charge in [-0.3, -0.25) is 4.79 Å². The standard InChI is InChI=1S/C14H13Cl2N3OS.2ClH/c15-9-1-2-10(11(16)3-9)14-19-12(7-21-14)13(20)18-6-8-4-17-5-8;;/h1-3,7-8,17H,4-6H2,(H,18,20);2*1H. The molecule has 2 N–H and O–H groups in total. The van der Waals surface area contributed by atoms with Gasteiger partial charge in [0.1, 0.15) is 10.7 Å². The summed E-state index contributed by atoms with van der Waals surface area (Å²) in [7, 11) is 0. The summed E-state index contributed by atoms with van der Waals surface area (Å²) in [6, 6.07) is 5.24. The van der Waals surface area contributed by atoms with Crippen molar-refractivity contribution >= 4 is 65.3 Å². The molecule has 2 heterocycles. The molecule has 1 amide bonds. The van der Waals surface area contributed by atoms with E-state index < -0.39 is 0 Å². The van der Waals surface area contributed by atoms with Crippen LogP contribution in [0.3, 0.4) is 0 Å². The molecule has 0 saturated carbocycles. The Kier molecular flexibility index (Phi) is 8.07. The number of nitrogens with one attached hydrogen (secondary N) is 2. The van der Waals surface area contributed by atoms with Crippen LogP contribution in [0, 0.1) is 5.92 Å². The third kappa shape index (κ3) is 4.95. The van der Waals surface area contributed by atoms with Crippen molar-refractivity contribution in [3.63, 3.8) is 0 Å². The number of thiazole rings is 1. The molecule has 1 aromatic heterocycles. The number of hydrogen-bond donors (Lipinski definition) is 2. The maximum Gasteiger partial charge on any atom is 0.270 e. The minimum Gasteiger partial charge on any atom is -0.350 e. The average molecular weight is 415 g/mol. The summed E-state index contributed by atoms with van der Waals surface area (Å²) in [6.45, 7) is 2.60. The lowest BCUT2D eigenvalue weighted by Crippen LogP contribution is -2.48. The molecule has 1 aliphatic rings. The topological polar surface area (TPSA) is 54.0 Å². The molecule has 23 heavy (non-hydrogen) atoms. The molecule has 2 aromatic rings. The van der Waals surface area contributed by atoms with E-state index in [1.54, 1.807) is 17.5 Å². The largest absolute Gasteiger partial charge is 0.350 e. The number of carbonyl (C=O) groups excluding carboxylic acids is 1. The summed E-state index contributed by atoms with van der Waals surface area (Å²) < 4.78 is 0. The van der Waals surface area contributed by atoms with Crippen LogP contribution in [0.2, 0.25) is 10.0 Å². The van der Waals surface area contributed by atoms with Gasteiger partial charge in [-0.25, -0.2) is 4.98 Å². The minimum atomic E-state index is -0.144. The molecule has 1 saturated heterocycles. The summed E-state index contributed by atoms with van der Waals surface area (Å²) in [5, 5.41) is 9.64. The SMILES string of the molecule is Cl.Cl.O=C(NCC1CNC1)c1csc(-c2ccc(Cl)cc2Cl)n1. The molecule has 4 nitrogen and oxygen atoms in total. The molecule has 0 atom stereocenters. The van der Waals surface area contributed by atoms with Crippen LogP contribution in [-0.4, -0.2) is 30.5 Å². The van der Waals surface area contributed by atoms with Crippen molar-refractivity contribution in [3.05, 3.63) is 39.3 Å². The highest BCUT2D eigenvalue weighted by Crippen LogP contribution is 2.32. The van der Waals surface area contributed by atoms with E-state index in [1.165, 1.54) is 11.3 Å². The fourth-order valence-electron chi connectivity index (χ4n) is 1.99. The van der Waals surface area contributed by atoms with Gasteiger partial charge in [0.25, 0.3) is 5.91 Å². The van der Waals surface area contributed by atoms with Crippen LogP contribution in [0.1, 0.15) is 10.5 Å². The zero-order valence-corrected chi connectivity index (χ0v) is 15.8. The monoisotopic (exact) mass is 413 g/mol. The fourth-order valence-corrected chi connectivity index (χ4v) is 3.38. The Hall–Kier alpha value is -0.560. The summed E-state index contributed by atoms with van der Waals surface area (Å²) in [6.07, 6.45) is 0. The van der Waals surface area contributed by atoms with Crippen molar-refractivity contribution in [2.24, 2.45) is 5.92 Å². The average Bonchev–Trinajstić information content (AvgIpc) is 2.86. The first kappa shape index (κ1) is 20.5. The number of nitrogens with zero attached hydrogens (tertiary/aromatic N) is 1. The van der Waals surface area contributed by atoms with Gasteiger partial charge >= 0.3 is 0 Å². The zero-order chi connectivity index (χ0) is 14.8. The summed E-state index contributed by atoms with van der Waals surface area (Å²) >= 11 is 13.4. The Bertz CT molecular complexity index is 676. The molecule has 0 spiro atoms. The lowest BCUT2D eigenvalue weighted by atomic mass is 10.0. The van der Waals surface area contributed by atoms with Crippen molar-refractivity contribution in [2.75, 3.05) is 19.6 Å². The van der Waals surface area contributed by atoms with Crippen LogP contribution in [-0.2, 0) is 0 Å². The van der Waals surface area contributed by atoms with Crippen LogP contribution < -0.4 is 10.6 Å². The van der Waals surface area contributed by atoms with Crippen LogP contribution in [0.4, 0.5) is 0 Å². The Morgan fingerprint density at radius 2 is 2.09 bits per heavy atom. The molecule has 3 rings (SSSR count). The second kappa shape index (κ2) is 9.06. The summed E-state index contributed by atoms with van der Waals surface area (Å²) in [5.41, 5.74) is 1.21. The van der Waals surface area contributed by atoms with Gasteiger partial charge in [-0.1, -0.05) is 23.2 Å². The highest BCUT2D eigenvalue weighted by Gasteiger charge is 2.19. The molecular formula is C14H15Cl4N3OS. The predicted octanol–water partition coefficient (Wildman–Crippen LogP) is 3.91. The van der Waals surface area contributed by atoms with Crippen molar-refractivity contribution in [2.45, 2.75) is 0 Å². The minimum absolute atomic E-state index is 0. The molecule has 126 valence electrons. The molecule has 1 fully saturated rings. The van der Waals surface area contributed by atoms with Gasteiger partial charge in [-0.15, -0.1) is 36.2 Å². The van der Waals surface area contributed by atoms with Gasteiger partial charge in [-0.2, -0.15) is 0 Å². The van der Waals surface area contributed by atoms with E-state index in [0.29, 0.717) is 33.2 Å². The third-order valence-electron chi connectivity index (χ3n) is 3.32. The Labute approximate surface area is 160 Å². The Morgan fingerprint density at radius 1 is 1.35 bits per heavy atom. The van der Waals surface area contributed by atoms with Crippen molar-refractivity contribution in [1.29, 1.82) is 0 Å². The molecule has 0 aliphatic carbocycles. The number of hydrogen-bond acceptors (Lipinski definition) is 4. The van der Waals surface area contributed by atoms with Crippen molar-refractivity contribution in [1.82, 2.24) is 15.6 Å². The lowest BCUT2D eigenvalue weighted by Gasteiger charge is -2.26. The Balaban J connectivity index is 0.00000132. The van der Waals surface area contributed by atoms with E-state index in [0.717, 1.165) is 18.7 Å². The number of benzene rings is 1. The van der Waals surface area contributed by atoms with Gasteiger partial charge in [-0.05, 0) is 18.2 Å². The van der Waals surface area contributed by atoms with Crippen molar-refractivity contribution < 1.29 is 4.79 Å². The Morgan fingerprint density at radius 3 is 2.70 bits per heavy atom. The maximum atomic E-state index is 12.0. The molecule has 0 bridgehead atoms. The second-order valence-corrected chi connectivity index (χ2v) is 6.60. The van der Waals surface area contributed by atoms with Crippen LogP contribution in [0.25, 0.3) is 10.6 Å². The van der Waals surface area contributed by atoms with Gasteiger partial charge in [0.2, 0.25) is 0 Å². The normalized spacial score (nSPS) is 13.5. The summed E-state index contributed by atoms with van der Waals surface area (Å²) in [5.74, 6) is 0.382. The number of carbonyl (C=O) groups is 1. The van der Waals surface area contributed by atoms with Gasteiger partial charge in [0.05, 0.1) is 5.02 Å². The molecule has 0 unspecified atom stereocenters. The quantitative estimate of drug-likeness (QED) is 0.797. The molecule has 1 aromatic carbocycles. The first-order chi connectivity index (χ1) is 10.1. The smallest absolute Gasteiger partial charge is 0.270 e. The molecule has 9 heteroatoms. The van der Waals surface area contributed by atoms with E-state index in [-0.39, 0.29) is 30.7 Å². The first-order valence-electron chi connectivity index (χ1n) is 6.53.